The van der Waals surface area contributed by atoms with E-state index in [9.17, 15) is 9.59 Å². The summed E-state index contributed by atoms with van der Waals surface area (Å²) in [7, 11) is 0. The van der Waals surface area contributed by atoms with Crippen LogP contribution >= 0.6 is 0 Å². The molecule has 2 saturated heterocycles. The van der Waals surface area contributed by atoms with Crippen LogP contribution in [0.25, 0.3) is 0 Å². The van der Waals surface area contributed by atoms with E-state index in [1.807, 2.05) is 4.90 Å². The molecule has 3 rings (SSSR count). The first-order chi connectivity index (χ1) is 11.2. The Labute approximate surface area is 137 Å². The third kappa shape index (κ3) is 4.13. The molecule has 0 unspecified atom stereocenters. The van der Waals surface area contributed by atoms with Crippen molar-refractivity contribution in [1.82, 2.24) is 14.7 Å². The molecule has 2 amide bonds. The van der Waals surface area contributed by atoms with Gasteiger partial charge in [-0.15, -0.1) is 0 Å². The second-order valence-corrected chi connectivity index (χ2v) is 6.34. The fourth-order valence-electron chi connectivity index (χ4n) is 3.30. The molecule has 1 aromatic rings. The molecule has 1 aromatic heterocycles. The van der Waals surface area contributed by atoms with Crippen LogP contribution in [0.3, 0.4) is 0 Å². The van der Waals surface area contributed by atoms with E-state index in [0.29, 0.717) is 38.5 Å². The van der Waals surface area contributed by atoms with E-state index in [0.717, 1.165) is 13.1 Å². The molecule has 0 N–H and O–H groups in total. The standard InChI is InChI=1S/C17H25N3O3/c21-16(14-18-7-3-1-2-4-8-18)19-9-11-20(12-10-19)17(22)15-6-5-13-23-15/h5-6,13H,1-4,7-12,14H2. The van der Waals surface area contributed by atoms with Crippen molar-refractivity contribution in [2.45, 2.75) is 25.7 Å². The van der Waals surface area contributed by atoms with Crippen LogP contribution in [0.5, 0.6) is 0 Å². The molecule has 2 aliphatic rings. The van der Waals surface area contributed by atoms with Gasteiger partial charge < -0.3 is 14.2 Å². The lowest BCUT2D eigenvalue weighted by Crippen LogP contribution is -2.52. The van der Waals surface area contributed by atoms with Crippen LogP contribution in [0, 0.1) is 0 Å². The summed E-state index contributed by atoms with van der Waals surface area (Å²) in [5.41, 5.74) is 0. The Hall–Kier alpha value is -1.82. The SMILES string of the molecule is O=C(CN1CCCCCC1)N1CCN(C(=O)c2ccco2)CC1. The Balaban J connectivity index is 1.46. The minimum Gasteiger partial charge on any atom is -0.459 e. The summed E-state index contributed by atoms with van der Waals surface area (Å²) in [6.45, 7) is 4.95. The van der Waals surface area contributed by atoms with E-state index < -0.39 is 0 Å². The van der Waals surface area contributed by atoms with Gasteiger partial charge in [0.15, 0.2) is 5.76 Å². The van der Waals surface area contributed by atoms with Crippen molar-refractivity contribution >= 4 is 11.8 Å². The van der Waals surface area contributed by atoms with Crippen LogP contribution in [0.2, 0.25) is 0 Å². The van der Waals surface area contributed by atoms with E-state index >= 15 is 0 Å². The summed E-state index contributed by atoms with van der Waals surface area (Å²) in [5.74, 6) is 0.473. The van der Waals surface area contributed by atoms with E-state index in [-0.39, 0.29) is 11.8 Å². The van der Waals surface area contributed by atoms with Gasteiger partial charge in [0.1, 0.15) is 0 Å². The smallest absolute Gasteiger partial charge is 0.289 e. The lowest BCUT2D eigenvalue weighted by atomic mass is 10.2. The summed E-state index contributed by atoms with van der Waals surface area (Å²) in [6.07, 6.45) is 6.45. The molecule has 3 heterocycles. The van der Waals surface area contributed by atoms with Crippen molar-refractivity contribution in [3.05, 3.63) is 24.2 Å². The molecule has 126 valence electrons. The highest BCUT2D eigenvalue weighted by molar-refractivity contribution is 5.91. The molecule has 2 aliphatic heterocycles. The maximum atomic E-state index is 12.4. The summed E-state index contributed by atoms with van der Waals surface area (Å²) in [5, 5.41) is 0. The molecule has 0 saturated carbocycles. The summed E-state index contributed by atoms with van der Waals surface area (Å²) >= 11 is 0. The highest BCUT2D eigenvalue weighted by Crippen LogP contribution is 2.12. The molecular weight excluding hydrogens is 294 g/mol. The zero-order chi connectivity index (χ0) is 16.1. The first kappa shape index (κ1) is 16.1. The van der Waals surface area contributed by atoms with Crippen molar-refractivity contribution < 1.29 is 14.0 Å². The van der Waals surface area contributed by atoms with Gasteiger partial charge in [-0.25, -0.2) is 0 Å². The second kappa shape index (κ2) is 7.64. The molecule has 0 bridgehead atoms. The first-order valence-electron chi connectivity index (χ1n) is 8.57. The van der Waals surface area contributed by atoms with Crippen LogP contribution in [-0.4, -0.2) is 72.3 Å². The highest BCUT2D eigenvalue weighted by atomic mass is 16.3. The average molecular weight is 319 g/mol. The number of carbonyl (C=O) groups is 2. The van der Waals surface area contributed by atoms with Gasteiger partial charge in [0.05, 0.1) is 12.8 Å². The van der Waals surface area contributed by atoms with Crippen LogP contribution in [-0.2, 0) is 4.79 Å². The number of rotatable bonds is 3. The van der Waals surface area contributed by atoms with Crippen molar-refractivity contribution in [1.29, 1.82) is 0 Å². The predicted octanol–water partition coefficient (Wildman–Crippen LogP) is 1.44. The van der Waals surface area contributed by atoms with Gasteiger partial charge in [-0.1, -0.05) is 12.8 Å². The molecule has 23 heavy (non-hydrogen) atoms. The number of carbonyl (C=O) groups excluding carboxylic acids is 2. The Morgan fingerprint density at radius 2 is 1.57 bits per heavy atom. The van der Waals surface area contributed by atoms with Gasteiger partial charge in [0, 0.05) is 26.2 Å². The van der Waals surface area contributed by atoms with Crippen LogP contribution in [0.4, 0.5) is 0 Å². The minimum absolute atomic E-state index is 0.0883. The van der Waals surface area contributed by atoms with E-state index in [2.05, 4.69) is 4.90 Å². The fourth-order valence-corrected chi connectivity index (χ4v) is 3.30. The monoisotopic (exact) mass is 319 g/mol. The Morgan fingerprint density at radius 3 is 2.17 bits per heavy atom. The second-order valence-electron chi connectivity index (χ2n) is 6.34. The number of piperazine rings is 1. The van der Waals surface area contributed by atoms with Crippen molar-refractivity contribution in [2.24, 2.45) is 0 Å². The van der Waals surface area contributed by atoms with E-state index in [4.69, 9.17) is 4.42 Å². The quantitative estimate of drug-likeness (QED) is 0.846. The summed E-state index contributed by atoms with van der Waals surface area (Å²) in [4.78, 5) is 30.6. The highest BCUT2D eigenvalue weighted by Gasteiger charge is 2.26. The topological polar surface area (TPSA) is 57.0 Å². The zero-order valence-electron chi connectivity index (χ0n) is 13.6. The maximum Gasteiger partial charge on any atom is 0.289 e. The van der Waals surface area contributed by atoms with Crippen LogP contribution in [0.15, 0.2) is 22.8 Å². The van der Waals surface area contributed by atoms with Crippen molar-refractivity contribution in [3.63, 3.8) is 0 Å². The molecule has 6 nitrogen and oxygen atoms in total. The number of amides is 2. The normalized spacial score (nSPS) is 20.3. The van der Waals surface area contributed by atoms with Crippen LogP contribution in [0.1, 0.15) is 36.2 Å². The van der Waals surface area contributed by atoms with Gasteiger partial charge in [0.25, 0.3) is 5.91 Å². The largest absolute Gasteiger partial charge is 0.459 e. The molecule has 6 heteroatoms. The van der Waals surface area contributed by atoms with Crippen LogP contribution < -0.4 is 0 Å². The predicted molar refractivity (Wildman–Crippen MR) is 86.1 cm³/mol. The lowest BCUT2D eigenvalue weighted by molar-refractivity contribution is -0.133. The number of hydrogen-bond donors (Lipinski definition) is 0. The molecule has 0 atom stereocenters. The molecule has 2 fully saturated rings. The van der Waals surface area contributed by atoms with Gasteiger partial charge in [-0.3, -0.25) is 14.5 Å². The summed E-state index contributed by atoms with van der Waals surface area (Å²) < 4.78 is 5.16. The van der Waals surface area contributed by atoms with Gasteiger partial charge in [0.2, 0.25) is 5.91 Å². The Kier molecular flexibility index (Phi) is 5.33. The molecule has 0 spiro atoms. The number of hydrogen-bond acceptors (Lipinski definition) is 4. The first-order valence-corrected chi connectivity index (χ1v) is 8.57. The fraction of sp³-hybridized carbons (Fsp3) is 0.647. The van der Waals surface area contributed by atoms with Gasteiger partial charge >= 0.3 is 0 Å². The Bertz CT molecular complexity index is 513. The van der Waals surface area contributed by atoms with E-state index in [1.165, 1.54) is 31.9 Å². The number of nitrogens with zero attached hydrogens (tertiary/aromatic N) is 3. The van der Waals surface area contributed by atoms with Gasteiger partial charge in [-0.2, -0.15) is 0 Å². The number of furan rings is 1. The van der Waals surface area contributed by atoms with Gasteiger partial charge in [-0.05, 0) is 38.1 Å². The van der Waals surface area contributed by atoms with Crippen molar-refractivity contribution in [3.8, 4) is 0 Å². The molecule has 0 aliphatic carbocycles. The molecule has 0 aromatic carbocycles. The minimum atomic E-state index is -0.0883. The van der Waals surface area contributed by atoms with E-state index in [1.54, 1.807) is 17.0 Å². The Morgan fingerprint density at radius 1 is 0.913 bits per heavy atom. The maximum absolute atomic E-state index is 12.4. The number of likely N-dealkylation sites (tertiary alicyclic amines) is 1. The summed E-state index contributed by atoms with van der Waals surface area (Å²) in [6, 6.07) is 3.40. The average Bonchev–Trinajstić information content (AvgIpc) is 3.00. The third-order valence-electron chi connectivity index (χ3n) is 4.71. The molecule has 0 radical (unpaired) electrons. The lowest BCUT2D eigenvalue weighted by Gasteiger charge is -2.35. The molecular formula is C17H25N3O3. The zero-order valence-corrected chi connectivity index (χ0v) is 13.6. The third-order valence-corrected chi connectivity index (χ3v) is 4.71. The van der Waals surface area contributed by atoms with Crippen molar-refractivity contribution in [2.75, 3.05) is 45.8 Å².